The molecule has 4 amide bonds. The molecule has 0 unspecified atom stereocenters. The van der Waals surface area contributed by atoms with Gasteiger partial charge < -0.3 is 15.7 Å². The normalized spacial score (nSPS) is 15.2. The smallest absolute Gasteiger partial charge is 0.324 e. The van der Waals surface area contributed by atoms with Crippen LogP contribution in [0.25, 0.3) is 32.6 Å². The number of β-amino-alcohol motifs (C(OH)–C–C–N with tert-alkyl or cyclic N) is 1. The summed E-state index contributed by atoms with van der Waals surface area (Å²) in [4.78, 5) is 45.2. The van der Waals surface area contributed by atoms with Crippen LogP contribution in [0, 0.1) is 6.92 Å². The predicted octanol–water partition coefficient (Wildman–Crippen LogP) is 3.63. The number of thiazole rings is 1. The molecule has 1 aliphatic heterocycles. The molecule has 1 saturated heterocycles. The number of carbonyl (C=O) groups is 2. The lowest BCUT2D eigenvalue weighted by atomic mass is 10.0. The molecule has 11 nitrogen and oxygen atoms in total. The van der Waals surface area contributed by atoms with E-state index in [1.54, 1.807) is 18.6 Å². The third-order valence-electron chi connectivity index (χ3n) is 6.13. The van der Waals surface area contributed by atoms with Crippen LogP contribution in [0.4, 0.5) is 20.7 Å². The Morgan fingerprint density at radius 1 is 1.19 bits per heavy atom. The van der Waals surface area contributed by atoms with Gasteiger partial charge in [-0.25, -0.2) is 24.5 Å². The van der Waals surface area contributed by atoms with Crippen molar-refractivity contribution in [1.29, 1.82) is 0 Å². The zero-order chi connectivity index (χ0) is 26.1. The zero-order valence-electron chi connectivity index (χ0n) is 20.4. The molecule has 37 heavy (non-hydrogen) atoms. The standard InChI is InChI=1S/C25H26N8O3S/c1-3-33(22(26)35)25-30-20-9-15(8-18(21(20)37-25)19-5-4-14(2)10-27-19)16-11-28-23(29-12-16)31-24(36)32-7-6-17(34)13-32/h4-5,8-12,17,34H,3,6-7,13H2,1-2H3,(H2,26,35)(H,28,29,31,36)/t17-/m1/s1. The molecule has 1 atom stereocenters. The number of anilines is 2. The van der Waals surface area contributed by atoms with E-state index in [0.29, 0.717) is 36.7 Å². The highest BCUT2D eigenvalue weighted by atomic mass is 32.1. The number of amides is 4. The predicted molar refractivity (Wildman–Crippen MR) is 142 cm³/mol. The molecule has 0 aliphatic carbocycles. The minimum absolute atomic E-state index is 0.174. The molecular formula is C25H26N8O3S. The van der Waals surface area contributed by atoms with E-state index < -0.39 is 12.1 Å². The molecular weight excluding hydrogens is 492 g/mol. The minimum Gasteiger partial charge on any atom is -0.391 e. The van der Waals surface area contributed by atoms with Crippen LogP contribution < -0.4 is 16.0 Å². The van der Waals surface area contributed by atoms with Gasteiger partial charge in [0, 0.05) is 49.4 Å². The Morgan fingerprint density at radius 2 is 1.97 bits per heavy atom. The Bertz CT molecular complexity index is 1460. The van der Waals surface area contributed by atoms with Crippen molar-refractivity contribution < 1.29 is 14.7 Å². The van der Waals surface area contributed by atoms with Crippen LogP contribution in [0.15, 0.2) is 42.9 Å². The van der Waals surface area contributed by atoms with Crippen molar-refractivity contribution in [3.05, 3.63) is 48.4 Å². The third-order valence-corrected chi connectivity index (χ3v) is 7.26. The molecule has 0 spiro atoms. The fourth-order valence-corrected chi connectivity index (χ4v) is 5.29. The summed E-state index contributed by atoms with van der Waals surface area (Å²) in [6.07, 6.45) is 5.12. The number of hydrogen-bond acceptors (Lipinski definition) is 8. The second kappa shape index (κ2) is 10.1. The van der Waals surface area contributed by atoms with Gasteiger partial charge in [0.2, 0.25) is 5.95 Å². The lowest BCUT2D eigenvalue weighted by Crippen LogP contribution is -2.35. The summed E-state index contributed by atoms with van der Waals surface area (Å²) in [5.41, 5.74) is 10.5. The largest absolute Gasteiger partial charge is 0.391 e. The fraction of sp³-hybridized carbons (Fsp3) is 0.280. The van der Waals surface area contributed by atoms with Crippen molar-refractivity contribution in [1.82, 2.24) is 24.8 Å². The van der Waals surface area contributed by atoms with E-state index in [9.17, 15) is 14.7 Å². The van der Waals surface area contributed by atoms with Crippen LogP contribution in [-0.2, 0) is 0 Å². The highest BCUT2D eigenvalue weighted by molar-refractivity contribution is 7.23. The van der Waals surface area contributed by atoms with Crippen molar-refractivity contribution in [2.75, 3.05) is 29.9 Å². The number of urea groups is 2. The van der Waals surface area contributed by atoms with E-state index in [4.69, 9.17) is 10.7 Å². The Balaban J connectivity index is 1.51. The van der Waals surface area contributed by atoms with Crippen LogP contribution in [0.1, 0.15) is 18.9 Å². The van der Waals surface area contributed by atoms with E-state index in [-0.39, 0.29) is 12.0 Å². The van der Waals surface area contributed by atoms with Crippen LogP contribution in [0.2, 0.25) is 0 Å². The van der Waals surface area contributed by atoms with Crippen LogP contribution in [0.3, 0.4) is 0 Å². The maximum Gasteiger partial charge on any atom is 0.324 e. The molecule has 190 valence electrons. The molecule has 4 N–H and O–H groups in total. The van der Waals surface area contributed by atoms with Gasteiger partial charge in [-0.3, -0.25) is 15.2 Å². The maximum atomic E-state index is 12.4. The van der Waals surface area contributed by atoms with E-state index in [2.05, 4.69) is 20.3 Å². The van der Waals surface area contributed by atoms with E-state index >= 15 is 0 Å². The average Bonchev–Trinajstić information content (AvgIpc) is 3.51. The molecule has 4 aromatic rings. The number of nitrogens with one attached hydrogen (secondary N) is 1. The molecule has 0 radical (unpaired) electrons. The Morgan fingerprint density at radius 3 is 2.59 bits per heavy atom. The summed E-state index contributed by atoms with van der Waals surface area (Å²) in [6.45, 7) is 5.00. The number of aliphatic hydroxyl groups is 1. The summed E-state index contributed by atoms with van der Waals surface area (Å²) in [5, 5.41) is 12.8. The summed E-state index contributed by atoms with van der Waals surface area (Å²) in [6, 6.07) is 6.93. The number of pyridine rings is 1. The number of hydrogen-bond donors (Lipinski definition) is 3. The van der Waals surface area contributed by atoms with Gasteiger partial charge in [-0.1, -0.05) is 17.4 Å². The van der Waals surface area contributed by atoms with E-state index in [0.717, 1.165) is 32.6 Å². The average molecular weight is 519 g/mol. The third kappa shape index (κ3) is 5.06. The molecule has 4 heterocycles. The number of fused-ring (bicyclic) bond motifs is 1. The van der Waals surface area contributed by atoms with Crippen LogP contribution in [0.5, 0.6) is 0 Å². The molecule has 0 bridgehead atoms. The number of carbonyl (C=O) groups excluding carboxylic acids is 2. The second-order valence-electron chi connectivity index (χ2n) is 8.79. The number of primary amides is 1. The van der Waals surface area contributed by atoms with Gasteiger partial charge in [0.25, 0.3) is 0 Å². The first-order chi connectivity index (χ1) is 17.8. The molecule has 3 aromatic heterocycles. The fourth-order valence-electron chi connectivity index (χ4n) is 4.15. The molecule has 1 aliphatic rings. The van der Waals surface area contributed by atoms with Gasteiger partial charge >= 0.3 is 12.1 Å². The van der Waals surface area contributed by atoms with Gasteiger partial charge in [0.1, 0.15) is 0 Å². The summed E-state index contributed by atoms with van der Waals surface area (Å²) in [7, 11) is 0. The summed E-state index contributed by atoms with van der Waals surface area (Å²) >= 11 is 1.38. The number of aromatic nitrogens is 4. The van der Waals surface area contributed by atoms with Crippen molar-refractivity contribution in [2.24, 2.45) is 5.73 Å². The van der Waals surface area contributed by atoms with E-state index in [1.165, 1.54) is 21.1 Å². The molecule has 12 heteroatoms. The van der Waals surface area contributed by atoms with Crippen molar-refractivity contribution in [2.45, 2.75) is 26.4 Å². The van der Waals surface area contributed by atoms with Gasteiger partial charge in [-0.2, -0.15) is 0 Å². The molecule has 1 fully saturated rings. The number of aryl methyl sites for hydroxylation is 1. The molecule has 5 rings (SSSR count). The quantitative estimate of drug-likeness (QED) is 0.365. The Labute approximate surface area is 217 Å². The van der Waals surface area contributed by atoms with E-state index in [1.807, 2.05) is 38.1 Å². The van der Waals surface area contributed by atoms with Crippen molar-refractivity contribution >= 4 is 44.7 Å². The second-order valence-corrected chi connectivity index (χ2v) is 9.76. The van der Waals surface area contributed by atoms with Crippen LogP contribution >= 0.6 is 11.3 Å². The first-order valence-corrected chi connectivity index (χ1v) is 12.6. The monoisotopic (exact) mass is 518 g/mol. The highest BCUT2D eigenvalue weighted by Crippen LogP contribution is 2.39. The van der Waals surface area contributed by atoms with Gasteiger partial charge in [-0.05, 0) is 49.6 Å². The maximum absolute atomic E-state index is 12.4. The number of rotatable bonds is 5. The Hall–Kier alpha value is -4.16. The summed E-state index contributed by atoms with van der Waals surface area (Å²) in [5.74, 6) is 0.174. The Kier molecular flexibility index (Phi) is 6.68. The molecule has 0 saturated carbocycles. The number of likely N-dealkylation sites (tertiary alicyclic amines) is 1. The summed E-state index contributed by atoms with van der Waals surface area (Å²) < 4.78 is 0.882. The van der Waals surface area contributed by atoms with Gasteiger partial charge in [0.15, 0.2) is 5.13 Å². The lowest BCUT2D eigenvalue weighted by molar-refractivity contribution is 0.176. The first kappa shape index (κ1) is 24.5. The van der Waals surface area contributed by atoms with Gasteiger partial charge in [0.05, 0.1) is 22.0 Å². The van der Waals surface area contributed by atoms with Crippen molar-refractivity contribution in [3.8, 4) is 22.4 Å². The number of aliphatic hydroxyl groups excluding tert-OH is 1. The lowest BCUT2D eigenvalue weighted by Gasteiger charge is -2.15. The minimum atomic E-state index is -0.564. The SMILES string of the molecule is CCN(C(N)=O)c1nc2cc(-c3cnc(NC(=O)N4CC[C@@H](O)C4)nc3)cc(-c3ccc(C)cn3)c2s1. The first-order valence-electron chi connectivity index (χ1n) is 11.8. The number of benzene rings is 1. The van der Waals surface area contributed by atoms with Crippen molar-refractivity contribution in [3.63, 3.8) is 0 Å². The number of nitrogens with two attached hydrogens (primary N) is 1. The topological polar surface area (TPSA) is 150 Å². The molecule has 1 aromatic carbocycles. The number of nitrogens with zero attached hydrogens (tertiary/aromatic N) is 6. The van der Waals surface area contributed by atoms with Gasteiger partial charge in [-0.15, -0.1) is 0 Å². The van der Waals surface area contributed by atoms with Crippen LogP contribution in [-0.4, -0.2) is 67.7 Å². The highest BCUT2D eigenvalue weighted by Gasteiger charge is 2.25. The zero-order valence-corrected chi connectivity index (χ0v) is 21.2.